The van der Waals surface area contributed by atoms with Crippen LogP contribution in [0.15, 0.2) is 18.2 Å². The molecule has 0 amide bonds. The van der Waals surface area contributed by atoms with Crippen molar-refractivity contribution in [1.29, 1.82) is 0 Å². The molecule has 0 saturated heterocycles. The zero-order valence-corrected chi connectivity index (χ0v) is 10.5. The molecule has 94 valence electrons. The van der Waals surface area contributed by atoms with Crippen molar-refractivity contribution in [1.82, 2.24) is 0 Å². The number of rotatable bonds is 7. The summed E-state index contributed by atoms with van der Waals surface area (Å²) in [4.78, 5) is 11.5. The monoisotopic (exact) mass is 236 g/mol. The highest BCUT2D eigenvalue weighted by Gasteiger charge is 2.05. The van der Waals surface area contributed by atoms with Crippen molar-refractivity contribution in [2.75, 3.05) is 7.11 Å². The van der Waals surface area contributed by atoms with Gasteiger partial charge in [-0.15, -0.1) is 0 Å². The Hall–Kier alpha value is -1.51. The number of ether oxygens (including phenoxy) is 1. The van der Waals surface area contributed by atoms with E-state index in [1.165, 1.54) is 7.11 Å². The van der Waals surface area contributed by atoms with Gasteiger partial charge >= 0.3 is 0 Å². The van der Waals surface area contributed by atoms with Gasteiger partial charge in [0.25, 0.3) is 0 Å². The van der Waals surface area contributed by atoms with Gasteiger partial charge in [-0.1, -0.05) is 19.4 Å². The number of aryl methyl sites for hydroxylation is 1. The van der Waals surface area contributed by atoms with Crippen molar-refractivity contribution in [3.63, 3.8) is 0 Å². The lowest BCUT2D eigenvalue weighted by molar-refractivity contribution is -0.119. The zero-order valence-electron chi connectivity index (χ0n) is 10.5. The zero-order chi connectivity index (χ0) is 12.7. The lowest BCUT2D eigenvalue weighted by Gasteiger charge is -2.06. The Morgan fingerprint density at radius 1 is 1.35 bits per heavy atom. The summed E-state index contributed by atoms with van der Waals surface area (Å²) in [6.07, 6.45) is 3.97. The molecule has 1 rings (SSSR count). The Labute approximate surface area is 102 Å². The Kier molecular flexibility index (Phi) is 5.53. The Balaban J connectivity index is 2.49. The van der Waals surface area contributed by atoms with E-state index in [1.807, 2.05) is 6.07 Å². The maximum absolute atomic E-state index is 11.5. The van der Waals surface area contributed by atoms with Gasteiger partial charge in [0, 0.05) is 12.8 Å². The van der Waals surface area contributed by atoms with Gasteiger partial charge < -0.3 is 9.84 Å². The van der Waals surface area contributed by atoms with Crippen LogP contribution in [0.25, 0.3) is 0 Å². The number of unbranched alkanes of at least 4 members (excludes halogenated alkanes) is 1. The van der Waals surface area contributed by atoms with Gasteiger partial charge in [-0.05, 0) is 30.5 Å². The largest absolute Gasteiger partial charge is 0.504 e. The number of carbonyl (C=O) groups is 1. The molecule has 0 bridgehead atoms. The molecule has 0 spiro atoms. The minimum Gasteiger partial charge on any atom is -0.504 e. The third-order valence-corrected chi connectivity index (χ3v) is 2.75. The standard InChI is InChI=1S/C14H20O3/c1-3-4-5-12(15)8-6-11-7-9-13(16)14(10-11)17-2/h7,9-10,16H,3-6,8H2,1-2H3. The fourth-order valence-corrected chi connectivity index (χ4v) is 1.66. The summed E-state index contributed by atoms with van der Waals surface area (Å²) < 4.78 is 5.02. The summed E-state index contributed by atoms with van der Waals surface area (Å²) in [5, 5.41) is 9.44. The van der Waals surface area contributed by atoms with Gasteiger partial charge in [0.15, 0.2) is 11.5 Å². The van der Waals surface area contributed by atoms with Gasteiger partial charge in [-0.25, -0.2) is 0 Å². The smallest absolute Gasteiger partial charge is 0.160 e. The van der Waals surface area contributed by atoms with E-state index >= 15 is 0 Å². The third kappa shape index (κ3) is 4.47. The van der Waals surface area contributed by atoms with E-state index in [9.17, 15) is 9.90 Å². The second kappa shape index (κ2) is 6.94. The highest BCUT2D eigenvalue weighted by Crippen LogP contribution is 2.26. The fourth-order valence-electron chi connectivity index (χ4n) is 1.66. The summed E-state index contributed by atoms with van der Waals surface area (Å²) >= 11 is 0. The average Bonchev–Trinajstić information content (AvgIpc) is 2.35. The van der Waals surface area contributed by atoms with Crippen molar-refractivity contribution in [2.24, 2.45) is 0 Å². The van der Waals surface area contributed by atoms with E-state index in [-0.39, 0.29) is 5.75 Å². The molecule has 3 heteroatoms. The highest BCUT2D eigenvalue weighted by atomic mass is 16.5. The van der Waals surface area contributed by atoms with E-state index in [2.05, 4.69) is 6.92 Å². The minimum atomic E-state index is 0.133. The minimum absolute atomic E-state index is 0.133. The molecule has 0 aliphatic heterocycles. The molecule has 0 heterocycles. The Morgan fingerprint density at radius 2 is 2.12 bits per heavy atom. The van der Waals surface area contributed by atoms with Crippen LogP contribution in [0.1, 0.15) is 38.2 Å². The molecule has 0 aromatic heterocycles. The number of phenolic OH excluding ortho intramolecular Hbond substituents is 1. The molecule has 3 nitrogen and oxygen atoms in total. The molecular formula is C14H20O3. The number of methoxy groups -OCH3 is 1. The summed E-state index contributed by atoms with van der Waals surface area (Å²) in [5.41, 5.74) is 1.02. The predicted octanol–water partition coefficient (Wildman–Crippen LogP) is 3.09. The van der Waals surface area contributed by atoms with Crippen LogP contribution >= 0.6 is 0 Å². The number of aromatic hydroxyl groups is 1. The molecular weight excluding hydrogens is 216 g/mol. The maximum Gasteiger partial charge on any atom is 0.160 e. The van der Waals surface area contributed by atoms with Crippen LogP contribution in [-0.4, -0.2) is 18.0 Å². The lowest BCUT2D eigenvalue weighted by atomic mass is 10.0. The lowest BCUT2D eigenvalue weighted by Crippen LogP contribution is -2.00. The molecule has 0 unspecified atom stereocenters. The molecule has 0 aliphatic carbocycles. The van der Waals surface area contributed by atoms with Crippen LogP contribution < -0.4 is 4.74 Å². The van der Waals surface area contributed by atoms with Crippen molar-refractivity contribution in [3.8, 4) is 11.5 Å². The first-order chi connectivity index (χ1) is 8.17. The van der Waals surface area contributed by atoms with Gasteiger partial charge in [0.1, 0.15) is 5.78 Å². The van der Waals surface area contributed by atoms with Crippen molar-refractivity contribution < 1.29 is 14.6 Å². The topological polar surface area (TPSA) is 46.5 Å². The molecule has 0 atom stereocenters. The quantitative estimate of drug-likeness (QED) is 0.791. The Morgan fingerprint density at radius 3 is 2.76 bits per heavy atom. The summed E-state index contributed by atoms with van der Waals surface area (Å²) in [7, 11) is 1.52. The Bertz CT molecular complexity index is 372. The van der Waals surface area contributed by atoms with Crippen molar-refractivity contribution in [3.05, 3.63) is 23.8 Å². The molecule has 17 heavy (non-hydrogen) atoms. The first-order valence-corrected chi connectivity index (χ1v) is 6.05. The SMILES string of the molecule is CCCCC(=O)CCc1ccc(O)c(OC)c1. The number of benzene rings is 1. The number of carbonyl (C=O) groups excluding carboxylic acids is 1. The summed E-state index contributed by atoms with van der Waals surface area (Å²) in [6, 6.07) is 5.21. The number of hydrogen-bond acceptors (Lipinski definition) is 3. The van der Waals surface area contributed by atoms with Crippen LogP contribution in [0, 0.1) is 0 Å². The van der Waals surface area contributed by atoms with Gasteiger partial charge in [-0.2, -0.15) is 0 Å². The second-order valence-corrected chi connectivity index (χ2v) is 4.15. The maximum atomic E-state index is 11.5. The third-order valence-electron chi connectivity index (χ3n) is 2.75. The predicted molar refractivity (Wildman–Crippen MR) is 67.5 cm³/mol. The second-order valence-electron chi connectivity index (χ2n) is 4.15. The van der Waals surface area contributed by atoms with Gasteiger partial charge in [-0.3, -0.25) is 4.79 Å². The van der Waals surface area contributed by atoms with Crippen LogP contribution in [0.4, 0.5) is 0 Å². The summed E-state index contributed by atoms with van der Waals surface area (Å²) in [6.45, 7) is 2.08. The fraction of sp³-hybridized carbons (Fsp3) is 0.500. The molecule has 0 fully saturated rings. The number of Topliss-reactive ketones (excluding diaryl/α,β-unsaturated/α-hetero) is 1. The highest BCUT2D eigenvalue weighted by molar-refractivity contribution is 5.78. The van der Waals surface area contributed by atoms with Crippen LogP contribution in [-0.2, 0) is 11.2 Å². The van der Waals surface area contributed by atoms with Crippen molar-refractivity contribution in [2.45, 2.75) is 39.0 Å². The van der Waals surface area contributed by atoms with Crippen LogP contribution in [0.2, 0.25) is 0 Å². The molecule has 0 saturated carbocycles. The average molecular weight is 236 g/mol. The van der Waals surface area contributed by atoms with E-state index in [1.54, 1.807) is 12.1 Å². The molecule has 1 aromatic rings. The molecule has 1 N–H and O–H groups in total. The molecule has 0 radical (unpaired) electrons. The summed E-state index contributed by atoms with van der Waals surface area (Å²) in [5.74, 6) is 0.899. The van der Waals surface area contributed by atoms with E-state index in [0.717, 1.165) is 18.4 Å². The van der Waals surface area contributed by atoms with Gasteiger partial charge in [0.2, 0.25) is 0 Å². The normalized spacial score (nSPS) is 10.2. The first kappa shape index (κ1) is 13.6. The number of hydrogen-bond donors (Lipinski definition) is 1. The number of ketones is 1. The van der Waals surface area contributed by atoms with Crippen LogP contribution in [0.3, 0.4) is 0 Å². The van der Waals surface area contributed by atoms with Crippen LogP contribution in [0.5, 0.6) is 11.5 Å². The number of phenols is 1. The van der Waals surface area contributed by atoms with Crippen molar-refractivity contribution >= 4 is 5.78 Å². The van der Waals surface area contributed by atoms with Gasteiger partial charge in [0.05, 0.1) is 7.11 Å². The van der Waals surface area contributed by atoms with E-state index in [0.29, 0.717) is 30.8 Å². The van der Waals surface area contributed by atoms with E-state index in [4.69, 9.17) is 4.74 Å². The van der Waals surface area contributed by atoms with E-state index < -0.39 is 0 Å². The molecule has 1 aromatic carbocycles. The first-order valence-electron chi connectivity index (χ1n) is 6.05. The molecule has 0 aliphatic rings.